The fourth-order valence-corrected chi connectivity index (χ4v) is 3.44. The lowest BCUT2D eigenvalue weighted by molar-refractivity contribution is -0.128. The molecule has 2 heterocycles. The predicted octanol–water partition coefficient (Wildman–Crippen LogP) is 2.73. The number of nitriles is 1. The number of anilines is 1. The van der Waals surface area contributed by atoms with Crippen LogP contribution >= 0.6 is 0 Å². The first-order chi connectivity index (χ1) is 14.2. The predicted molar refractivity (Wildman–Crippen MR) is 112 cm³/mol. The van der Waals surface area contributed by atoms with Crippen molar-refractivity contribution in [2.24, 2.45) is 0 Å². The van der Waals surface area contributed by atoms with Crippen molar-refractivity contribution in [2.45, 2.75) is 6.54 Å². The number of amides is 1. The van der Waals surface area contributed by atoms with Gasteiger partial charge in [-0.05, 0) is 23.8 Å². The zero-order valence-electron chi connectivity index (χ0n) is 16.0. The van der Waals surface area contributed by atoms with Gasteiger partial charge in [-0.3, -0.25) is 9.69 Å². The molecule has 0 saturated carbocycles. The quantitative estimate of drug-likeness (QED) is 0.520. The van der Waals surface area contributed by atoms with Crippen LogP contribution in [0.25, 0.3) is 11.0 Å². The monoisotopic (exact) mass is 386 g/mol. The highest BCUT2D eigenvalue weighted by atomic mass is 16.2. The molecule has 0 unspecified atom stereocenters. The summed E-state index contributed by atoms with van der Waals surface area (Å²) in [5.41, 5.74) is 3.91. The smallest absolute Gasteiger partial charge is 0.266 e. The van der Waals surface area contributed by atoms with Crippen LogP contribution < -0.4 is 5.32 Å². The van der Waals surface area contributed by atoms with Crippen molar-refractivity contribution in [2.75, 3.05) is 31.5 Å². The van der Waals surface area contributed by atoms with E-state index < -0.39 is 0 Å². The fourth-order valence-electron chi connectivity index (χ4n) is 3.44. The summed E-state index contributed by atoms with van der Waals surface area (Å²) < 4.78 is 0. The van der Waals surface area contributed by atoms with Crippen LogP contribution in [0, 0.1) is 11.3 Å². The van der Waals surface area contributed by atoms with Crippen LogP contribution in [0.1, 0.15) is 5.56 Å². The summed E-state index contributed by atoms with van der Waals surface area (Å²) in [5, 5.41) is 12.5. The third-order valence-corrected chi connectivity index (χ3v) is 5.06. The Morgan fingerprint density at radius 2 is 1.97 bits per heavy atom. The van der Waals surface area contributed by atoms with Gasteiger partial charge in [0.2, 0.25) is 0 Å². The Morgan fingerprint density at radius 3 is 2.72 bits per heavy atom. The highest BCUT2D eigenvalue weighted by Crippen LogP contribution is 2.16. The molecule has 1 aliphatic rings. The lowest BCUT2D eigenvalue weighted by Crippen LogP contribution is -2.48. The molecule has 1 aromatic heterocycles. The molecule has 4 rings (SSSR count). The summed E-state index contributed by atoms with van der Waals surface area (Å²) >= 11 is 0. The molecule has 7 heteroatoms. The van der Waals surface area contributed by atoms with E-state index in [0.717, 1.165) is 36.4 Å². The molecule has 0 atom stereocenters. The van der Waals surface area contributed by atoms with Crippen LogP contribution in [0.4, 0.5) is 5.69 Å². The van der Waals surface area contributed by atoms with Gasteiger partial charge in [-0.1, -0.05) is 30.3 Å². The third-order valence-electron chi connectivity index (χ3n) is 5.06. The zero-order chi connectivity index (χ0) is 20.1. The van der Waals surface area contributed by atoms with Crippen LogP contribution in [0.15, 0.2) is 66.6 Å². The van der Waals surface area contributed by atoms with Crippen LogP contribution in [-0.4, -0.2) is 51.9 Å². The van der Waals surface area contributed by atoms with Gasteiger partial charge < -0.3 is 15.2 Å². The summed E-state index contributed by atoms with van der Waals surface area (Å²) in [6.07, 6.45) is 3.11. The van der Waals surface area contributed by atoms with E-state index in [1.807, 2.05) is 42.5 Å². The van der Waals surface area contributed by atoms with E-state index >= 15 is 0 Å². The van der Waals surface area contributed by atoms with Crippen molar-refractivity contribution < 1.29 is 4.79 Å². The molecule has 146 valence electrons. The van der Waals surface area contributed by atoms with Crippen molar-refractivity contribution in [3.05, 3.63) is 72.2 Å². The molecule has 1 fully saturated rings. The fraction of sp³-hybridized carbons (Fsp3) is 0.227. The number of imidazole rings is 1. The Kier molecular flexibility index (Phi) is 5.54. The molecule has 1 saturated heterocycles. The minimum atomic E-state index is -0.234. The number of rotatable bonds is 5. The van der Waals surface area contributed by atoms with E-state index in [1.165, 1.54) is 11.8 Å². The van der Waals surface area contributed by atoms with Crippen molar-refractivity contribution in [1.82, 2.24) is 19.8 Å². The van der Waals surface area contributed by atoms with Gasteiger partial charge in [0, 0.05) is 44.6 Å². The molecule has 0 aliphatic carbocycles. The first-order valence-electron chi connectivity index (χ1n) is 9.58. The first-order valence-corrected chi connectivity index (χ1v) is 9.58. The Hall–Kier alpha value is -3.63. The highest BCUT2D eigenvalue weighted by molar-refractivity contribution is 5.97. The molecular weight excluding hydrogens is 364 g/mol. The summed E-state index contributed by atoms with van der Waals surface area (Å²) in [7, 11) is 0. The minimum absolute atomic E-state index is 0.103. The molecular formula is C22H22N6O. The van der Waals surface area contributed by atoms with Gasteiger partial charge in [-0.25, -0.2) is 4.98 Å². The molecule has 29 heavy (non-hydrogen) atoms. The number of H-pyrrole nitrogens is 1. The molecule has 1 amide bonds. The van der Waals surface area contributed by atoms with Gasteiger partial charge >= 0.3 is 0 Å². The Bertz CT molecular complexity index is 1060. The molecule has 2 N–H and O–H groups in total. The number of carbonyl (C=O) groups is 1. The molecule has 1 aliphatic heterocycles. The van der Waals surface area contributed by atoms with Gasteiger partial charge in [0.25, 0.3) is 5.91 Å². The van der Waals surface area contributed by atoms with Crippen molar-refractivity contribution >= 4 is 22.6 Å². The van der Waals surface area contributed by atoms with E-state index in [4.69, 9.17) is 0 Å². The maximum absolute atomic E-state index is 12.7. The van der Waals surface area contributed by atoms with Gasteiger partial charge in [0.05, 0.1) is 17.4 Å². The standard InChI is InChI=1S/C22H22N6O/c23-13-18(14-24-19-6-7-20-21(12-19)26-16-25-20)22(29)28-10-8-27(9-11-28)15-17-4-2-1-3-5-17/h1-7,12,14,16,24H,8-11,15H2,(H,25,26)/b18-14-. The van der Waals surface area contributed by atoms with Crippen LogP contribution in [0.2, 0.25) is 0 Å². The normalized spacial score (nSPS) is 15.3. The molecule has 0 radical (unpaired) electrons. The van der Waals surface area contributed by atoms with Crippen LogP contribution in [0.5, 0.6) is 0 Å². The van der Waals surface area contributed by atoms with Gasteiger partial charge in [0.1, 0.15) is 11.6 Å². The van der Waals surface area contributed by atoms with Crippen molar-refractivity contribution in [1.29, 1.82) is 5.26 Å². The zero-order valence-corrected chi connectivity index (χ0v) is 16.0. The maximum atomic E-state index is 12.7. The molecule has 0 spiro atoms. The molecule has 2 aromatic carbocycles. The summed E-state index contributed by atoms with van der Waals surface area (Å²) in [6.45, 7) is 3.70. The number of aromatic amines is 1. The van der Waals surface area contributed by atoms with Crippen molar-refractivity contribution in [3.63, 3.8) is 0 Å². The molecule has 7 nitrogen and oxygen atoms in total. The van der Waals surface area contributed by atoms with Crippen LogP contribution in [-0.2, 0) is 11.3 Å². The summed E-state index contributed by atoms with van der Waals surface area (Å²) in [6, 6.07) is 18.0. The Morgan fingerprint density at radius 1 is 1.17 bits per heavy atom. The minimum Gasteiger partial charge on any atom is -0.360 e. The number of aromatic nitrogens is 2. The highest BCUT2D eigenvalue weighted by Gasteiger charge is 2.23. The second-order valence-electron chi connectivity index (χ2n) is 7.00. The number of nitrogens with one attached hydrogen (secondary N) is 2. The average Bonchev–Trinajstić information content (AvgIpc) is 3.23. The number of piperazine rings is 1. The van der Waals surface area contributed by atoms with Crippen molar-refractivity contribution in [3.8, 4) is 6.07 Å². The topological polar surface area (TPSA) is 88.0 Å². The second kappa shape index (κ2) is 8.59. The number of hydrogen-bond donors (Lipinski definition) is 2. The lowest BCUT2D eigenvalue weighted by Gasteiger charge is -2.34. The van der Waals surface area contributed by atoms with Gasteiger partial charge in [0.15, 0.2) is 0 Å². The number of hydrogen-bond acceptors (Lipinski definition) is 5. The lowest BCUT2D eigenvalue weighted by atomic mass is 10.2. The number of benzene rings is 2. The van der Waals surface area contributed by atoms with E-state index in [-0.39, 0.29) is 11.5 Å². The van der Waals surface area contributed by atoms with Gasteiger partial charge in [-0.2, -0.15) is 5.26 Å². The first kappa shape index (κ1) is 18.7. The van der Waals surface area contributed by atoms with E-state index in [9.17, 15) is 10.1 Å². The molecule has 0 bridgehead atoms. The molecule has 3 aromatic rings. The number of fused-ring (bicyclic) bond motifs is 1. The number of nitrogens with zero attached hydrogens (tertiary/aromatic N) is 4. The third kappa shape index (κ3) is 4.45. The summed E-state index contributed by atoms with van der Waals surface area (Å²) in [4.78, 5) is 24.0. The Labute approximate surface area is 169 Å². The van der Waals surface area contributed by atoms with E-state index in [1.54, 1.807) is 11.2 Å². The maximum Gasteiger partial charge on any atom is 0.266 e. The SMILES string of the molecule is N#C/C(=C/Nc1ccc2nc[nH]c2c1)C(=O)N1CCN(Cc2ccccc2)CC1. The Balaban J connectivity index is 1.35. The van der Waals surface area contributed by atoms with Crippen LogP contribution in [0.3, 0.4) is 0 Å². The number of carbonyl (C=O) groups excluding carboxylic acids is 1. The average molecular weight is 386 g/mol. The van der Waals surface area contributed by atoms with Gasteiger partial charge in [-0.15, -0.1) is 0 Å². The van der Waals surface area contributed by atoms with E-state index in [2.05, 4.69) is 32.3 Å². The second-order valence-corrected chi connectivity index (χ2v) is 7.00. The largest absolute Gasteiger partial charge is 0.360 e. The van der Waals surface area contributed by atoms with E-state index in [0.29, 0.717) is 13.1 Å². The summed E-state index contributed by atoms with van der Waals surface area (Å²) in [5.74, 6) is -0.234.